The Labute approximate surface area is 150 Å². The van der Waals surface area contributed by atoms with Crippen LogP contribution in [0.3, 0.4) is 0 Å². The third-order valence-corrected chi connectivity index (χ3v) is 2.66. The summed E-state index contributed by atoms with van der Waals surface area (Å²) in [7, 11) is 0. The summed E-state index contributed by atoms with van der Waals surface area (Å²) in [6.45, 7) is 0. The summed E-state index contributed by atoms with van der Waals surface area (Å²) >= 11 is 0. The zero-order chi connectivity index (χ0) is 16.7. The molecule has 3 aromatic rings. The quantitative estimate of drug-likeness (QED) is 0.541. The monoisotopic (exact) mass is 506 g/mol. The largest absolute Gasteiger partial charge is 0.477 e. The molecule has 2 aromatic heterocycles. The van der Waals surface area contributed by atoms with Gasteiger partial charge in [0.1, 0.15) is 17.3 Å². The van der Waals surface area contributed by atoms with Crippen molar-refractivity contribution in [1.82, 2.24) is 9.97 Å². The summed E-state index contributed by atoms with van der Waals surface area (Å²) in [4.78, 5) is 17.4. The maximum absolute atomic E-state index is 13.2. The summed E-state index contributed by atoms with van der Waals surface area (Å²) in [5, 5.41) is 8.32. The molecule has 4 nitrogen and oxygen atoms in total. The molecule has 3 rings (SSSR count). The van der Waals surface area contributed by atoms with Crippen molar-refractivity contribution in [3.8, 4) is 11.3 Å². The average Bonchev–Trinajstić information content (AvgIpc) is 2.57. The smallest absolute Gasteiger partial charge is 0.354 e. The van der Waals surface area contributed by atoms with Gasteiger partial charge in [0.15, 0.2) is 0 Å². The number of carboxylic acid groups (broad SMARTS) is 1. The third-order valence-electron chi connectivity index (χ3n) is 2.66. The van der Waals surface area contributed by atoms with Crippen LogP contribution in [0, 0.1) is 17.7 Å². The zero-order valence-corrected chi connectivity index (χ0v) is 14.5. The van der Waals surface area contributed by atoms with Crippen molar-refractivity contribution in [3.05, 3.63) is 84.3 Å². The van der Waals surface area contributed by atoms with Crippen molar-refractivity contribution >= 4 is 5.97 Å². The Balaban J connectivity index is 0.000000252. The SMILES string of the molecule is Fc1cnc(-c2[c-]cccc2)c(F)c1.O=C(O)c1ccccn1.[Ir]. The van der Waals surface area contributed by atoms with E-state index >= 15 is 0 Å². The minimum atomic E-state index is -0.990. The minimum absolute atomic E-state index is 0. The molecule has 0 atom stereocenters. The van der Waals surface area contributed by atoms with E-state index in [2.05, 4.69) is 16.0 Å². The molecule has 1 N–H and O–H groups in total. The Morgan fingerprint density at radius 1 is 1.08 bits per heavy atom. The van der Waals surface area contributed by atoms with Gasteiger partial charge < -0.3 is 5.11 Å². The summed E-state index contributed by atoms with van der Waals surface area (Å²) in [6, 6.07) is 15.2. The van der Waals surface area contributed by atoms with E-state index in [1.165, 1.54) is 12.3 Å². The predicted octanol–water partition coefficient (Wildman–Crippen LogP) is 3.60. The first-order chi connectivity index (χ1) is 11.1. The molecule has 0 amide bonds. The maximum atomic E-state index is 13.2. The van der Waals surface area contributed by atoms with Crippen LogP contribution in [0.15, 0.2) is 60.9 Å². The number of hydrogen-bond donors (Lipinski definition) is 1. The first-order valence-electron chi connectivity index (χ1n) is 6.50. The van der Waals surface area contributed by atoms with Crippen LogP contribution >= 0.6 is 0 Å². The number of aromatic nitrogens is 2. The number of hydrogen-bond acceptors (Lipinski definition) is 3. The van der Waals surface area contributed by atoms with E-state index in [-0.39, 0.29) is 31.5 Å². The van der Waals surface area contributed by atoms with E-state index in [1.807, 2.05) is 0 Å². The number of rotatable bonds is 2. The van der Waals surface area contributed by atoms with Crippen LogP contribution in [-0.4, -0.2) is 21.0 Å². The van der Waals surface area contributed by atoms with Crippen LogP contribution in [0.5, 0.6) is 0 Å². The Hall–Kier alpha value is -2.50. The Morgan fingerprint density at radius 2 is 1.83 bits per heavy atom. The van der Waals surface area contributed by atoms with Gasteiger partial charge in [0.25, 0.3) is 0 Å². The molecule has 7 heteroatoms. The second kappa shape index (κ2) is 9.60. The van der Waals surface area contributed by atoms with Crippen LogP contribution in [-0.2, 0) is 20.1 Å². The number of pyridine rings is 2. The number of halogens is 2. The topological polar surface area (TPSA) is 63.1 Å². The van der Waals surface area contributed by atoms with Crippen LogP contribution in [0.2, 0.25) is 0 Å². The predicted molar refractivity (Wildman–Crippen MR) is 79.6 cm³/mol. The number of benzene rings is 1. The van der Waals surface area contributed by atoms with E-state index in [1.54, 1.807) is 36.4 Å². The molecule has 0 unspecified atom stereocenters. The molecule has 1 radical (unpaired) electrons. The molecule has 0 aliphatic heterocycles. The summed E-state index contributed by atoms with van der Waals surface area (Å²) < 4.78 is 25.8. The van der Waals surface area contributed by atoms with Gasteiger partial charge >= 0.3 is 5.97 Å². The Kier molecular flexibility index (Phi) is 7.82. The van der Waals surface area contributed by atoms with Gasteiger partial charge in [-0.15, -0.1) is 35.9 Å². The van der Waals surface area contributed by atoms with E-state index < -0.39 is 17.6 Å². The minimum Gasteiger partial charge on any atom is -0.477 e. The van der Waals surface area contributed by atoms with Gasteiger partial charge in [-0.3, -0.25) is 4.98 Å². The molecule has 0 aliphatic rings. The number of nitrogens with zero attached hydrogens (tertiary/aromatic N) is 2. The molecule has 0 spiro atoms. The van der Waals surface area contributed by atoms with Gasteiger partial charge in [-0.2, -0.15) is 0 Å². The summed E-state index contributed by atoms with van der Waals surface area (Å²) in [6.07, 6.45) is 2.43. The fraction of sp³-hybridized carbons (Fsp3) is 0. The van der Waals surface area contributed by atoms with Crippen LogP contribution in [0.4, 0.5) is 8.78 Å². The molecular weight excluding hydrogens is 494 g/mol. The van der Waals surface area contributed by atoms with Gasteiger partial charge in [-0.1, -0.05) is 6.07 Å². The van der Waals surface area contributed by atoms with Crippen molar-refractivity contribution in [3.63, 3.8) is 0 Å². The first kappa shape index (κ1) is 19.5. The molecule has 24 heavy (non-hydrogen) atoms. The zero-order valence-electron chi connectivity index (χ0n) is 12.1. The normalized spacial score (nSPS) is 9.25. The second-order valence-corrected chi connectivity index (χ2v) is 4.28. The van der Waals surface area contributed by atoms with Crippen molar-refractivity contribution < 1.29 is 38.8 Å². The van der Waals surface area contributed by atoms with E-state index in [9.17, 15) is 13.6 Å². The molecule has 2 heterocycles. The fourth-order valence-electron chi connectivity index (χ4n) is 1.64. The number of aromatic carboxylic acids is 1. The van der Waals surface area contributed by atoms with Gasteiger partial charge in [0.2, 0.25) is 0 Å². The average molecular weight is 506 g/mol. The summed E-state index contributed by atoms with van der Waals surface area (Å²) in [5.74, 6) is -2.34. The van der Waals surface area contributed by atoms with E-state index in [0.29, 0.717) is 5.56 Å². The van der Waals surface area contributed by atoms with E-state index in [0.717, 1.165) is 12.3 Å². The van der Waals surface area contributed by atoms with Crippen molar-refractivity contribution in [1.29, 1.82) is 0 Å². The van der Waals surface area contributed by atoms with Crippen molar-refractivity contribution in [2.75, 3.05) is 0 Å². The second-order valence-electron chi connectivity index (χ2n) is 4.28. The molecule has 0 bridgehead atoms. The standard InChI is InChI=1S/C11H6F2N.C6H5NO2.Ir/c12-9-6-10(13)11(14-7-9)8-4-2-1-3-5-8;8-6(9)5-3-1-2-4-7-5;/h1-4,6-7H;1-4H,(H,8,9);/q-1;;. The molecule has 0 aliphatic carbocycles. The first-order valence-corrected chi connectivity index (χ1v) is 6.50. The third kappa shape index (κ3) is 5.61. The number of carboxylic acids is 1. The molecule has 1 aromatic carbocycles. The molecule has 0 saturated carbocycles. The molecular formula is C17H11F2IrN2O2-. The fourth-order valence-corrected chi connectivity index (χ4v) is 1.64. The summed E-state index contributed by atoms with van der Waals surface area (Å²) in [5.41, 5.74) is 0.717. The maximum Gasteiger partial charge on any atom is 0.354 e. The Bertz CT molecular complexity index is 787. The molecule has 0 fully saturated rings. The van der Waals surface area contributed by atoms with Gasteiger partial charge in [0, 0.05) is 38.1 Å². The Morgan fingerprint density at radius 3 is 2.33 bits per heavy atom. The van der Waals surface area contributed by atoms with Crippen molar-refractivity contribution in [2.24, 2.45) is 0 Å². The van der Waals surface area contributed by atoms with Gasteiger partial charge in [0.05, 0.1) is 6.20 Å². The molecule has 0 saturated heterocycles. The van der Waals surface area contributed by atoms with Gasteiger partial charge in [-0.05, 0) is 12.1 Å². The van der Waals surface area contributed by atoms with E-state index in [4.69, 9.17) is 5.11 Å². The number of carbonyl (C=O) groups is 1. The van der Waals surface area contributed by atoms with Crippen LogP contribution in [0.25, 0.3) is 11.3 Å². The molecule has 125 valence electrons. The van der Waals surface area contributed by atoms with Crippen LogP contribution < -0.4 is 0 Å². The van der Waals surface area contributed by atoms with Gasteiger partial charge in [-0.25, -0.2) is 18.6 Å². The van der Waals surface area contributed by atoms with Crippen molar-refractivity contribution in [2.45, 2.75) is 0 Å². The van der Waals surface area contributed by atoms with Crippen LogP contribution in [0.1, 0.15) is 10.5 Å².